The molecule has 1 aliphatic carbocycles. The maximum Gasteiger partial charge on any atom is 0.133 e. The summed E-state index contributed by atoms with van der Waals surface area (Å²) in [5, 5.41) is 0. The van der Waals surface area contributed by atoms with Gasteiger partial charge in [-0.25, -0.2) is 0 Å². The molecule has 1 aromatic carbocycles. The molecule has 1 heteroatoms. The topological polar surface area (TPSA) is 17.1 Å². The van der Waals surface area contributed by atoms with Crippen molar-refractivity contribution in [1.82, 2.24) is 0 Å². The van der Waals surface area contributed by atoms with Crippen LogP contribution >= 0.6 is 0 Å². The number of benzene rings is 1. The molecule has 0 saturated heterocycles. The largest absolute Gasteiger partial charge is 0.300 e. The van der Waals surface area contributed by atoms with Crippen LogP contribution in [0.4, 0.5) is 0 Å². The Morgan fingerprint density at radius 1 is 1.31 bits per heavy atom. The molecule has 0 spiro atoms. The Kier molecular flexibility index (Phi) is 3.76. The molecule has 0 saturated carbocycles. The molecular formula is C15H20O. The van der Waals surface area contributed by atoms with Crippen molar-refractivity contribution in [3.05, 3.63) is 35.4 Å². The summed E-state index contributed by atoms with van der Waals surface area (Å²) in [5.41, 5.74) is 2.85. The van der Waals surface area contributed by atoms with E-state index in [1.807, 2.05) is 0 Å². The summed E-state index contributed by atoms with van der Waals surface area (Å²) >= 11 is 0. The molecule has 1 atom stereocenters. The highest BCUT2D eigenvalue weighted by molar-refractivity contribution is 5.79. The van der Waals surface area contributed by atoms with Gasteiger partial charge in [0.05, 0.1) is 0 Å². The van der Waals surface area contributed by atoms with E-state index in [9.17, 15) is 4.79 Å². The third kappa shape index (κ3) is 2.52. The number of ketones is 1. The molecule has 16 heavy (non-hydrogen) atoms. The first-order chi connectivity index (χ1) is 7.81. The van der Waals surface area contributed by atoms with Gasteiger partial charge in [-0.2, -0.15) is 0 Å². The second-order valence-electron chi connectivity index (χ2n) is 4.80. The van der Waals surface area contributed by atoms with Crippen LogP contribution in [0.15, 0.2) is 24.3 Å². The Labute approximate surface area is 97.9 Å². The van der Waals surface area contributed by atoms with Crippen molar-refractivity contribution < 1.29 is 4.79 Å². The quantitative estimate of drug-likeness (QED) is 0.660. The van der Waals surface area contributed by atoms with Crippen LogP contribution in [0, 0.1) is 0 Å². The molecule has 0 N–H and O–H groups in total. The van der Waals surface area contributed by atoms with Crippen LogP contribution in [0.5, 0.6) is 0 Å². The molecule has 0 aromatic heterocycles. The first-order valence-electron chi connectivity index (χ1n) is 6.40. The first kappa shape index (κ1) is 11.4. The molecule has 2 rings (SSSR count). The summed E-state index contributed by atoms with van der Waals surface area (Å²) in [6.07, 6.45) is 6.11. The molecular weight excluding hydrogens is 196 g/mol. The summed E-state index contributed by atoms with van der Waals surface area (Å²) in [4.78, 5) is 11.7. The van der Waals surface area contributed by atoms with E-state index < -0.39 is 0 Å². The van der Waals surface area contributed by atoms with Crippen LogP contribution in [-0.2, 0) is 11.2 Å². The standard InChI is InChI=1S/C15H20O/c1-2-3-4-8-14(16)11-13-10-12-7-5-6-9-15(12)13/h5-7,9,13H,2-4,8,10-11H2,1H3. The maximum absolute atomic E-state index is 11.7. The van der Waals surface area contributed by atoms with Crippen molar-refractivity contribution in [1.29, 1.82) is 0 Å². The smallest absolute Gasteiger partial charge is 0.133 e. The number of carbonyl (C=O) groups is 1. The highest BCUT2D eigenvalue weighted by Gasteiger charge is 2.26. The van der Waals surface area contributed by atoms with E-state index in [4.69, 9.17) is 0 Å². The van der Waals surface area contributed by atoms with Crippen LogP contribution in [0.2, 0.25) is 0 Å². The van der Waals surface area contributed by atoms with E-state index in [2.05, 4.69) is 31.2 Å². The Bertz CT molecular complexity index is 367. The van der Waals surface area contributed by atoms with E-state index in [1.54, 1.807) is 0 Å². The van der Waals surface area contributed by atoms with Crippen LogP contribution in [0.25, 0.3) is 0 Å². The molecule has 0 bridgehead atoms. The van der Waals surface area contributed by atoms with Gasteiger partial charge in [0.1, 0.15) is 5.78 Å². The molecule has 1 nitrogen and oxygen atoms in total. The Balaban J connectivity index is 1.78. The number of fused-ring (bicyclic) bond motifs is 1. The van der Waals surface area contributed by atoms with E-state index in [1.165, 1.54) is 24.0 Å². The molecule has 86 valence electrons. The number of rotatable bonds is 6. The average molecular weight is 216 g/mol. The summed E-state index contributed by atoms with van der Waals surface area (Å²) in [7, 11) is 0. The average Bonchev–Trinajstić information content (AvgIpc) is 2.26. The minimum atomic E-state index is 0.452. The Morgan fingerprint density at radius 2 is 2.12 bits per heavy atom. The Hall–Kier alpha value is -1.11. The zero-order valence-corrected chi connectivity index (χ0v) is 10.0. The molecule has 0 heterocycles. The third-order valence-corrected chi connectivity index (χ3v) is 3.49. The predicted molar refractivity (Wildman–Crippen MR) is 66.7 cm³/mol. The fraction of sp³-hybridized carbons (Fsp3) is 0.533. The summed E-state index contributed by atoms with van der Waals surface area (Å²) in [6.45, 7) is 2.17. The maximum atomic E-state index is 11.7. The first-order valence-corrected chi connectivity index (χ1v) is 6.40. The summed E-state index contributed by atoms with van der Waals surface area (Å²) in [6, 6.07) is 8.50. The van der Waals surface area contributed by atoms with Gasteiger partial charge in [-0.1, -0.05) is 44.0 Å². The van der Waals surface area contributed by atoms with Crippen LogP contribution in [-0.4, -0.2) is 5.78 Å². The van der Waals surface area contributed by atoms with Gasteiger partial charge in [0.15, 0.2) is 0 Å². The zero-order valence-electron chi connectivity index (χ0n) is 10.0. The second kappa shape index (κ2) is 5.29. The number of hydrogen-bond acceptors (Lipinski definition) is 1. The number of unbranched alkanes of at least 4 members (excludes halogenated alkanes) is 2. The van der Waals surface area contributed by atoms with Gasteiger partial charge in [0.2, 0.25) is 0 Å². The van der Waals surface area contributed by atoms with Gasteiger partial charge in [-0.05, 0) is 29.9 Å². The van der Waals surface area contributed by atoms with Gasteiger partial charge in [-0.15, -0.1) is 0 Å². The van der Waals surface area contributed by atoms with Crippen molar-refractivity contribution in [2.24, 2.45) is 0 Å². The van der Waals surface area contributed by atoms with E-state index in [-0.39, 0.29) is 0 Å². The lowest BCUT2D eigenvalue weighted by Gasteiger charge is -2.29. The van der Waals surface area contributed by atoms with Crippen LogP contribution < -0.4 is 0 Å². The molecule has 0 aliphatic heterocycles. The van der Waals surface area contributed by atoms with E-state index >= 15 is 0 Å². The highest BCUT2D eigenvalue weighted by Crippen LogP contribution is 2.37. The van der Waals surface area contributed by atoms with Crippen LogP contribution in [0.1, 0.15) is 56.1 Å². The number of hydrogen-bond donors (Lipinski definition) is 0. The van der Waals surface area contributed by atoms with Gasteiger partial charge >= 0.3 is 0 Å². The minimum Gasteiger partial charge on any atom is -0.300 e. The van der Waals surface area contributed by atoms with Crippen LogP contribution in [0.3, 0.4) is 0 Å². The second-order valence-corrected chi connectivity index (χ2v) is 4.80. The summed E-state index contributed by atoms with van der Waals surface area (Å²) < 4.78 is 0. The van der Waals surface area contributed by atoms with Crippen molar-refractivity contribution in [2.75, 3.05) is 0 Å². The molecule has 1 aromatic rings. The zero-order chi connectivity index (χ0) is 11.4. The fourth-order valence-electron chi connectivity index (χ4n) is 2.49. The van der Waals surface area contributed by atoms with E-state index in [0.717, 1.165) is 25.7 Å². The predicted octanol–water partition coefficient (Wildman–Crippen LogP) is 3.87. The SMILES string of the molecule is CCCCCC(=O)CC1Cc2ccccc21. The van der Waals surface area contributed by atoms with Crippen molar-refractivity contribution in [3.8, 4) is 0 Å². The van der Waals surface area contributed by atoms with Crippen molar-refractivity contribution >= 4 is 5.78 Å². The normalized spacial score (nSPS) is 17.7. The molecule has 0 radical (unpaired) electrons. The van der Waals surface area contributed by atoms with Gasteiger partial charge < -0.3 is 0 Å². The number of carbonyl (C=O) groups excluding carboxylic acids is 1. The lowest BCUT2D eigenvalue weighted by Crippen LogP contribution is -2.19. The van der Waals surface area contributed by atoms with Gasteiger partial charge in [0, 0.05) is 12.8 Å². The lowest BCUT2D eigenvalue weighted by atomic mass is 9.75. The fourth-order valence-corrected chi connectivity index (χ4v) is 2.49. The third-order valence-electron chi connectivity index (χ3n) is 3.49. The molecule has 0 fully saturated rings. The molecule has 0 amide bonds. The minimum absolute atomic E-state index is 0.452. The van der Waals surface area contributed by atoms with Crippen molar-refractivity contribution in [3.63, 3.8) is 0 Å². The molecule has 1 aliphatic rings. The van der Waals surface area contributed by atoms with Gasteiger partial charge in [-0.3, -0.25) is 4.79 Å². The highest BCUT2D eigenvalue weighted by atomic mass is 16.1. The van der Waals surface area contributed by atoms with Crippen molar-refractivity contribution in [2.45, 2.75) is 51.4 Å². The lowest BCUT2D eigenvalue weighted by molar-refractivity contribution is -0.119. The van der Waals surface area contributed by atoms with E-state index in [0.29, 0.717) is 11.7 Å². The monoisotopic (exact) mass is 216 g/mol. The number of Topliss-reactive ketones (excluding diaryl/α,β-unsaturated/α-hetero) is 1. The Morgan fingerprint density at radius 3 is 2.88 bits per heavy atom. The molecule has 1 unspecified atom stereocenters. The van der Waals surface area contributed by atoms with Gasteiger partial charge in [0.25, 0.3) is 0 Å². The summed E-state index contributed by atoms with van der Waals surface area (Å²) in [5.74, 6) is 0.971.